The molecule has 1 saturated heterocycles. The third-order valence-electron chi connectivity index (χ3n) is 5.98. The van der Waals surface area contributed by atoms with Crippen LogP contribution >= 0.6 is 11.3 Å². The molecule has 0 atom stereocenters. The van der Waals surface area contributed by atoms with Crippen LogP contribution in [-0.4, -0.2) is 48.2 Å². The fourth-order valence-corrected chi connectivity index (χ4v) is 5.26. The first-order valence-corrected chi connectivity index (χ1v) is 11.8. The normalized spacial score (nSPS) is 15.1. The van der Waals surface area contributed by atoms with E-state index in [1.54, 1.807) is 7.11 Å². The van der Waals surface area contributed by atoms with E-state index in [0.29, 0.717) is 11.9 Å². The van der Waals surface area contributed by atoms with Crippen LogP contribution in [0.3, 0.4) is 0 Å². The summed E-state index contributed by atoms with van der Waals surface area (Å²) in [5, 5.41) is 2.72. The minimum Gasteiger partial charge on any atom is -0.497 e. The van der Waals surface area contributed by atoms with E-state index in [2.05, 4.69) is 26.9 Å². The maximum Gasteiger partial charge on any atom is 0.260 e. The summed E-state index contributed by atoms with van der Waals surface area (Å²) in [6.45, 7) is 4.51. The van der Waals surface area contributed by atoms with Gasteiger partial charge in [-0.05, 0) is 36.2 Å². The molecule has 32 heavy (non-hydrogen) atoms. The highest BCUT2D eigenvalue weighted by atomic mass is 32.1. The lowest BCUT2D eigenvalue weighted by Crippen LogP contribution is -2.31. The van der Waals surface area contributed by atoms with Crippen LogP contribution in [0.2, 0.25) is 0 Å². The fraction of sp³-hybridized carbons (Fsp3) is 0.280. The molecule has 1 aliphatic rings. The molecule has 0 aliphatic carbocycles. The van der Waals surface area contributed by atoms with E-state index in [1.807, 2.05) is 47.8 Å². The van der Waals surface area contributed by atoms with Gasteiger partial charge in [0.25, 0.3) is 5.56 Å². The number of ether oxygens (including phenoxy) is 1. The van der Waals surface area contributed by atoms with Crippen LogP contribution in [0.1, 0.15) is 12.2 Å². The van der Waals surface area contributed by atoms with Gasteiger partial charge < -0.3 is 14.6 Å². The Bertz CT molecular complexity index is 1250. The van der Waals surface area contributed by atoms with Crippen molar-refractivity contribution < 1.29 is 4.74 Å². The van der Waals surface area contributed by atoms with Gasteiger partial charge in [-0.25, -0.2) is 4.98 Å². The van der Waals surface area contributed by atoms with Crippen LogP contribution in [0.4, 0.5) is 5.69 Å². The maximum absolute atomic E-state index is 12.9. The highest BCUT2D eigenvalue weighted by Crippen LogP contribution is 2.30. The average Bonchev–Trinajstić information content (AvgIpc) is 3.13. The number of anilines is 1. The molecule has 164 valence electrons. The average molecular weight is 447 g/mol. The summed E-state index contributed by atoms with van der Waals surface area (Å²) in [6, 6.07) is 18.3. The Morgan fingerprint density at radius 2 is 1.84 bits per heavy atom. The van der Waals surface area contributed by atoms with Gasteiger partial charge in [-0.15, -0.1) is 11.3 Å². The molecule has 7 heteroatoms. The van der Waals surface area contributed by atoms with E-state index < -0.39 is 0 Å². The van der Waals surface area contributed by atoms with E-state index in [9.17, 15) is 4.79 Å². The van der Waals surface area contributed by atoms with Gasteiger partial charge in [-0.2, -0.15) is 0 Å². The highest BCUT2D eigenvalue weighted by Gasteiger charge is 2.18. The van der Waals surface area contributed by atoms with Crippen LogP contribution in [0.25, 0.3) is 21.3 Å². The van der Waals surface area contributed by atoms with Crippen LogP contribution in [-0.2, 0) is 6.54 Å². The molecular weight excluding hydrogens is 420 g/mol. The zero-order valence-corrected chi connectivity index (χ0v) is 18.9. The van der Waals surface area contributed by atoms with Gasteiger partial charge in [-0.3, -0.25) is 9.69 Å². The van der Waals surface area contributed by atoms with E-state index in [4.69, 9.17) is 9.72 Å². The molecule has 0 spiro atoms. The molecule has 1 fully saturated rings. The predicted octanol–water partition coefficient (Wildman–Crippen LogP) is 4.37. The zero-order valence-electron chi connectivity index (χ0n) is 18.1. The Hall–Kier alpha value is -3.16. The monoisotopic (exact) mass is 446 g/mol. The predicted molar refractivity (Wildman–Crippen MR) is 131 cm³/mol. The molecule has 3 heterocycles. The van der Waals surface area contributed by atoms with Gasteiger partial charge in [0.15, 0.2) is 0 Å². The molecule has 0 radical (unpaired) electrons. The Morgan fingerprint density at radius 1 is 1.03 bits per heavy atom. The standard InChI is InChI=1S/C25H26N4O2S/c1-31-20-10-8-19(9-11-20)29-13-5-12-28(14-15-29)16-22-26-24(30)23-21(17-32-25(23)27-22)18-6-3-2-4-7-18/h2-4,6-11,17H,5,12-16H2,1H3,(H,26,27,30). The van der Waals surface area contributed by atoms with Gasteiger partial charge in [0.05, 0.1) is 19.0 Å². The number of benzene rings is 2. The van der Waals surface area contributed by atoms with Crippen molar-refractivity contribution in [1.82, 2.24) is 14.9 Å². The van der Waals surface area contributed by atoms with Crippen molar-refractivity contribution in [2.24, 2.45) is 0 Å². The second-order valence-electron chi connectivity index (χ2n) is 8.02. The van der Waals surface area contributed by atoms with Gasteiger partial charge in [0, 0.05) is 42.8 Å². The summed E-state index contributed by atoms with van der Waals surface area (Å²) in [4.78, 5) is 26.3. The van der Waals surface area contributed by atoms with E-state index >= 15 is 0 Å². The summed E-state index contributed by atoms with van der Waals surface area (Å²) in [6.07, 6.45) is 1.07. The van der Waals surface area contributed by atoms with Crippen molar-refractivity contribution in [3.63, 3.8) is 0 Å². The topological polar surface area (TPSA) is 61.5 Å². The summed E-state index contributed by atoms with van der Waals surface area (Å²) >= 11 is 1.54. The van der Waals surface area contributed by atoms with Crippen molar-refractivity contribution in [1.29, 1.82) is 0 Å². The van der Waals surface area contributed by atoms with Gasteiger partial charge in [0.2, 0.25) is 0 Å². The molecule has 6 nitrogen and oxygen atoms in total. The van der Waals surface area contributed by atoms with Gasteiger partial charge >= 0.3 is 0 Å². The number of hydrogen-bond acceptors (Lipinski definition) is 6. The molecule has 2 aromatic carbocycles. The number of nitrogens with one attached hydrogen (secondary N) is 1. The van der Waals surface area contributed by atoms with E-state index in [0.717, 1.165) is 60.1 Å². The molecule has 0 bridgehead atoms. The number of thiophene rings is 1. The molecule has 0 amide bonds. The number of aromatic nitrogens is 2. The number of hydrogen-bond donors (Lipinski definition) is 1. The Morgan fingerprint density at radius 3 is 2.62 bits per heavy atom. The first kappa shape index (κ1) is 20.7. The van der Waals surface area contributed by atoms with Crippen molar-refractivity contribution in [2.75, 3.05) is 38.2 Å². The number of methoxy groups -OCH3 is 1. The summed E-state index contributed by atoms with van der Waals surface area (Å²) in [5.74, 6) is 1.61. The highest BCUT2D eigenvalue weighted by molar-refractivity contribution is 7.17. The van der Waals surface area contributed by atoms with E-state index in [-0.39, 0.29) is 5.56 Å². The number of rotatable bonds is 5. The third kappa shape index (κ3) is 4.26. The molecule has 5 rings (SSSR count). The SMILES string of the molecule is COc1ccc(N2CCCN(Cc3nc4scc(-c5ccccc5)c4c(=O)[nH]3)CC2)cc1. The largest absolute Gasteiger partial charge is 0.497 e. The minimum atomic E-state index is -0.0558. The molecular formula is C25H26N4O2S. The fourth-order valence-electron chi connectivity index (χ4n) is 4.29. The molecule has 0 saturated carbocycles. The lowest BCUT2D eigenvalue weighted by Gasteiger charge is -2.23. The number of nitrogens with zero attached hydrogens (tertiary/aromatic N) is 3. The number of H-pyrrole nitrogens is 1. The van der Waals surface area contributed by atoms with Crippen LogP contribution in [0.15, 0.2) is 64.8 Å². The lowest BCUT2D eigenvalue weighted by atomic mass is 10.1. The zero-order chi connectivity index (χ0) is 21.9. The molecule has 2 aromatic heterocycles. The molecule has 1 N–H and O–H groups in total. The molecule has 1 aliphatic heterocycles. The first-order chi connectivity index (χ1) is 15.7. The third-order valence-corrected chi connectivity index (χ3v) is 6.85. The quantitative estimate of drug-likeness (QED) is 0.493. The summed E-state index contributed by atoms with van der Waals surface area (Å²) in [5.41, 5.74) is 3.16. The van der Waals surface area contributed by atoms with Crippen LogP contribution in [0, 0.1) is 0 Å². The number of aromatic amines is 1. The van der Waals surface area contributed by atoms with Crippen LogP contribution < -0.4 is 15.2 Å². The molecule has 0 unspecified atom stereocenters. The maximum atomic E-state index is 12.9. The Balaban J connectivity index is 1.31. The lowest BCUT2D eigenvalue weighted by molar-refractivity contribution is 0.278. The van der Waals surface area contributed by atoms with Gasteiger partial charge in [0.1, 0.15) is 16.4 Å². The second-order valence-corrected chi connectivity index (χ2v) is 8.88. The smallest absolute Gasteiger partial charge is 0.260 e. The van der Waals surface area contributed by atoms with Crippen molar-refractivity contribution in [2.45, 2.75) is 13.0 Å². The van der Waals surface area contributed by atoms with Crippen LogP contribution in [0.5, 0.6) is 5.75 Å². The Labute approximate surface area is 191 Å². The minimum absolute atomic E-state index is 0.0558. The second kappa shape index (κ2) is 9.14. The summed E-state index contributed by atoms with van der Waals surface area (Å²) < 4.78 is 5.27. The molecule has 4 aromatic rings. The Kier molecular flexibility index (Phi) is 5.92. The van der Waals surface area contributed by atoms with E-state index in [1.165, 1.54) is 17.0 Å². The van der Waals surface area contributed by atoms with Crippen molar-refractivity contribution in [3.05, 3.63) is 76.2 Å². The van der Waals surface area contributed by atoms with Gasteiger partial charge in [-0.1, -0.05) is 30.3 Å². The first-order valence-electron chi connectivity index (χ1n) is 10.9. The number of fused-ring (bicyclic) bond motifs is 1. The summed E-state index contributed by atoms with van der Waals surface area (Å²) in [7, 11) is 1.69. The van der Waals surface area contributed by atoms with Crippen molar-refractivity contribution >= 4 is 27.2 Å². The van der Waals surface area contributed by atoms with Crippen molar-refractivity contribution in [3.8, 4) is 16.9 Å².